The fourth-order valence-electron chi connectivity index (χ4n) is 4.39. The van der Waals surface area contributed by atoms with Gasteiger partial charge in [-0.05, 0) is 43.0 Å². The van der Waals surface area contributed by atoms with Crippen molar-refractivity contribution in [2.75, 3.05) is 0 Å². The Morgan fingerprint density at radius 2 is 1.73 bits per heavy atom. The van der Waals surface area contributed by atoms with Gasteiger partial charge in [-0.3, -0.25) is 6.08 Å². The fourth-order valence-corrected chi connectivity index (χ4v) is 4.39. The molecule has 0 fully saturated rings. The molecule has 1 nitrogen and oxygen atoms in total. The summed E-state index contributed by atoms with van der Waals surface area (Å²) in [5, 5.41) is 4.11. The molecule has 6 rings (SSSR count). The van der Waals surface area contributed by atoms with Crippen molar-refractivity contribution in [3.63, 3.8) is 0 Å². The van der Waals surface area contributed by atoms with Gasteiger partial charge in [0.15, 0.2) is 0 Å². The van der Waals surface area contributed by atoms with Crippen molar-refractivity contribution >= 4 is 21.7 Å². The van der Waals surface area contributed by atoms with Crippen molar-refractivity contribution < 1.29 is 29.7 Å². The number of allylic oxidation sites excluding steroid dienone is 4. The summed E-state index contributed by atoms with van der Waals surface area (Å²) >= 11 is -2.77. The van der Waals surface area contributed by atoms with E-state index in [4.69, 9.17) is 0 Å². The van der Waals surface area contributed by atoms with E-state index in [-0.39, 0.29) is 0 Å². The smallest absolute Gasteiger partial charge is 0.0516 e. The van der Waals surface area contributed by atoms with Crippen molar-refractivity contribution in [1.29, 1.82) is 0 Å². The van der Waals surface area contributed by atoms with Crippen LogP contribution in [-0.4, -0.2) is 4.57 Å². The summed E-state index contributed by atoms with van der Waals surface area (Å²) in [6, 6.07) is 22.2. The topological polar surface area (TPSA) is 4.93 Å². The Hall–Kier alpha value is -2.19. The van der Waals surface area contributed by atoms with E-state index < -0.39 is 24.5 Å². The Labute approximate surface area is 189 Å². The molecule has 0 amide bonds. The van der Waals surface area contributed by atoms with Crippen molar-refractivity contribution in [2.45, 2.75) is 32.1 Å². The average Bonchev–Trinajstić information content (AvgIpc) is 3.53. The molecular formula is C26H23F2NZr. The maximum absolute atomic E-state index is 9.80. The van der Waals surface area contributed by atoms with Crippen LogP contribution in [0, 0.1) is 6.08 Å². The minimum atomic E-state index is -2.77. The van der Waals surface area contributed by atoms with E-state index in [1.165, 1.54) is 58.7 Å². The van der Waals surface area contributed by atoms with Crippen molar-refractivity contribution in [3.8, 4) is 5.69 Å². The summed E-state index contributed by atoms with van der Waals surface area (Å²) in [6.07, 6.45) is 15.1. The van der Waals surface area contributed by atoms with Gasteiger partial charge in [-0.1, -0.05) is 24.3 Å². The van der Waals surface area contributed by atoms with Crippen LogP contribution >= 0.6 is 0 Å². The average molecular weight is 479 g/mol. The summed E-state index contributed by atoms with van der Waals surface area (Å²) in [6.45, 7) is 0. The van der Waals surface area contributed by atoms with Crippen LogP contribution in [0.15, 0.2) is 78.9 Å². The van der Waals surface area contributed by atoms with Gasteiger partial charge in [0.1, 0.15) is 0 Å². The molecule has 4 heteroatoms. The molecule has 4 aromatic rings. The number of nitrogens with zero attached hydrogens (tertiary/aromatic N) is 1. The molecule has 0 unspecified atom stereocenters. The molecule has 0 aliphatic heterocycles. The second kappa shape index (κ2) is 10.2. The molecule has 150 valence electrons. The van der Waals surface area contributed by atoms with Crippen LogP contribution in [0.5, 0.6) is 0 Å². The van der Waals surface area contributed by atoms with E-state index in [1.54, 1.807) is 5.56 Å². The second-order valence-electron chi connectivity index (χ2n) is 7.40. The van der Waals surface area contributed by atoms with Gasteiger partial charge in [0, 0.05) is 11.1 Å². The molecule has 0 atom stereocenters. The Kier molecular flexibility index (Phi) is 7.17. The van der Waals surface area contributed by atoms with Gasteiger partial charge in [-0.2, -0.15) is 6.08 Å². The van der Waals surface area contributed by atoms with Gasteiger partial charge >= 0.3 is 29.7 Å². The number of benzene rings is 2. The van der Waals surface area contributed by atoms with Crippen LogP contribution in [0.2, 0.25) is 0 Å². The standard InChI is InChI=1S/C21H18N.C5H5.2FH.Zr/c1-2-8-16-14-17(13-15(16)7-1)22-20-11-5-3-9-18(20)19-10-4-6-12-21(19)22;1-2-4-5-3-1;;;/h1-3,5,7-9,11,13-14H,4,6,10,12H2;1-3H,4H2;2*1H;/q2*-1;;;+4/p-2. The first-order chi connectivity index (χ1) is 14.8. The first-order valence-electron chi connectivity index (χ1n) is 10.3. The van der Waals surface area contributed by atoms with E-state index in [9.17, 15) is 5.25 Å². The zero-order chi connectivity index (χ0) is 20.8. The Balaban J connectivity index is 0.000000233. The largest absolute Gasteiger partial charge is 0.332 e. The van der Waals surface area contributed by atoms with Crippen LogP contribution in [0.1, 0.15) is 30.5 Å². The monoisotopic (exact) mass is 477 g/mol. The summed E-state index contributed by atoms with van der Waals surface area (Å²) in [4.78, 5) is 0. The van der Waals surface area contributed by atoms with Crippen molar-refractivity contribution in [3.05, 3.63) is 96.2 Å². The molecule has 0 saturated carbocycles. The van der Waals surface area contributed by atoms with E-state index >= 15 is 0 Å². The van der Waals surface area contributed by atoms with Gasteiger partial charge < -0.3 is 4.57 Å². The van der Waals surface area contributed by atoms with Gasteiger partial charge in [0.05, 0.1) is 5.52 Å². The molecule has 2 aliphatic carbocycles. The maximum Gasteiger partial charge on any atom is 0.0516 e. The molecule has 3 aromatic carbocycles. The van der Waals surface area contributed by atoms with Crippen molar-refractivity contribution in [1.82, 2.24) is 4.57 Å². The third-order valence-electron chi connectivity index (χ3n) is 5.63. The Morgan fingerprint density at radius 3 is 2.47 bits per heavy atom. The summed E-state index contributed by atoms with van der Waals surface area (Å²) in [5.41, 5.74) is 5.79. The predicted octanol–water partition coefficient (Wildman–Crippen LogP) is 7.52. The summed E-state index contributed by atoms with van der Waals surface area (Å²) in [7, 11) is 0. The number of hydrogen-bond donors (Lipinski definition) is 0. The summed E-state index contributed by atoms with van der Waals surface area (Å²) < 4.78 is 22.1. The normalized spacial score (nSPS) is 13.9. The van der Waals surface area contributed by atoms with Gasteiger partial charge in [0.2, 0.25) is 0 Å². The first-order valence-corrected chi connectivity index (χ1v) is 12.1. The maximum atomic E-state index is 9.80. The zero-order valence-electron chi connectivity index (χ0n) is 16.7. The third kappa shape index (κ3) is 4.44. The fraction of sp³-hybridized carbons (Fsp3) is 0.192. The zero-order valence-corrected chi connectivity index (χ0v) is 19.2. The molecule has 2 aliphatic rings. The molecule has 0 N–H and O–H groups in total. The SMILES string of the molecule is [C-]1=CC=CC1.[F][Zr+2][F].c1ccc2[cH-]c(-n3c4c(c5ccccc53)CCCC4)cc2c1. The number of aryl methyl sites for hydroxylation is 1. The van der Waals surface area contributed by atoms with E-state index in [1.807, 2.05) is 12.2 Å². The molecule has 0 bridgehead atoms. The van der Waals surface area contributed by atoms with Crippen LogP contribution in [0.3, 0.4) is 0 Å². The number of hydrogen-bond acceptors (Lipinski definition) is 0. The molecule has 30 heavy (non-hydrogen) atoms. The third-order valence-corrected chi connectivity index (χ3v) is 5.63. The van der Waals surface area contributed by atoms with Crippen LogP contribution in [0.4, 0.5) is 5.25 Å². The number of halogens is 2. The minimum Gasteiger partial charge on any atom is -0.332 e. The van der Waals surface area contributed by atoms with Crippen LogP contribution in [-0.2, 0) is 37.3 Å². The van der Waals surface area contributed by atoms with Gasteiger partial charge in [-0.15, -0.1) is 47.5 Å². The van der Waals surface area contributed by atoms with Gasteiger partial charge in [-0.25, -0.2) is 12.2 Å². The van der Waals surface area contributed by atoms with Gasteiger partial charge in [0.25, 0.3) is 0 Å². The Morgan fingerprint density at radius 1 is 0.967 bits per heavy atom. The van der Waals surface area contributed by atoms with E-state index in [0.29, 0.717) is 0 Å². The number of rotatable bonds is 1. The molecule has 1 aromatic heterocycles. The number of para-hydroxylation sites is 1. The second-order valence-corrected chi connectivity index (χ2v) is 7.75. The summed E-state index contributed by atoms with van der Waals surface area (Å²) in [5.74, 6) is 0. The van der Waals surface area contributed by atoms with E-state index in [0.717, 1.165) is 6.42 Å². The predicted molar refractivity (Wildman–Crippen MR) is 117 cm³/mol. The molecule has 0 saturated heterocycles. The molecule has 0 radical (unpaired) electrons. The Bertz CT molecular complexity index is 1140. The first kappa shape index (κ1) is 21.1. The molecule has 1 heterocycles. The van der Waals surface area contributed by atoms with Crippen LogP contribution in [0.25, 0.3) is 27.4 Å². The molecule has 0 spiro atoms. The number of aromatic nitrogens is 1. The van der Waals surface area contributed by atoms with Crippen LogP contribution < -0.4 is 0 Å². The van der Waals surface area contributed by atoms with Crippen molar-refractivity contribution in [2.24, 2.45) is 0 Å². The molecular weight excluding hydrogens is 456 g/mol. The van der Waals surface area contributed by atoms with E-state index in [2.05, 4.69) is 77.4 Å². The number of fused-ring (bicyclic) bond motifs is 4. The minimum absolute atomic E-state index is 1.01. The quantitative estimate of drug-likeness (QED) is 0.249.